The van der Waals surface area contributed by atoms with Crippen LogP contribution in [-0.4, -0.2) is 27.3 Å². The monoisotopic (exact) mass is 442 g/mol. The Kier molecular flexibility index (Phi) is 4.23. The van der Waals surface area contributed by atoms with Crippen LogP contribution in [0.2, 0.25) is 5.28 Å². The van der Waals surface area contributed by atoms with Crippen LogP contribution in [0.25, 0.3) is 21.3 Å². The lowest BCUT2D eigenvalue weighted by atomic mass is 10.3. The molecule has 10 heteroatoms. The van der Waals surface area contributed by atoms with Crippen LogP contribution in [-0.2, 0) is 10.0 Å². The number of ether oxygens (including phenoxy) is 1. The van der Waals surface area contributed by atoms with E-state index in [0.717, 1.165) is 8.67 Å². The number of hydrogen-bond acceptors (Lipinski definition) is 7. The van der Waals surface area contributed by atoms with Crippen LogP contribution >= 0.6 is 22.9 Å². The summed E-state index contributed by atoms with van der Waals surface area (Å²) in [7, 11) is -3.74. The summed E-state index contributed by atoms with van der Waals surface area (Å²) in [5.74, 6) is 0.740. The van der Waals surface area contributed by atoms with Gasteiger partial charge in [-0.1, -0.05) is 18.2 Å². The van der Waals surface area contributed by atoms with Gasteiger partial charge in [-0.25, -0.2) is 22.4 Å². The molecule has 0 spiro atoms. The van der Waals surface area contributed by atoms with Crippen molar-refractivity contribution in [1.82, 2.24) is 18.9 Å². The first-order valence-corrected chi connectivity index (χ1v) is 11.1. The second kappa shape index (κ2) is 6.80. The molecule has 0 bridgehead atoms. The quantitative estimate of drug-likeness (QED) is 0.374. The van der Waals surface area contributed by atoms with Crippen LogP contribution in [0.5, 0.6) is 11.6 Å². The van der Waals surface area contributed by atoms with Gasteiger partial charge in [0.2, 0.25) is 11.2 Å². The summed E-state index contributed by atoms with van der Waals surface area (Å²) >= 11 is 7.41. The van der Waals surface area contributed by atoms with Gasteiger partial charge in [0.15, 0.2) is 5.65 Å². The molecule has 0 N–H and O–H groups in total. The summed E-state index contributed by atoms with van der Waals surface area (Å²) < 4.78 is 33.6. The molecule has 0 aliphatic rings. The second-order valence-electron chi connectivity index (χ2n) is 6.05. The summed E-state index contributed by atoms with van der Waals surface area (Å²) in [5.41, 5.74) is 1.00. The zero-order valence-electron chi connectivity index (χ0n) is 14.6. The number of benzene rings is 1. The lowest BCUT2D eigenvalue weighted by molar-refractivity contribution is 0.468. The number of fused-ring (bicyclic) bond motifs is 2. The Morgan fingerprint density at radius 2 is 1.90 bits per heavy atom. The zero-order valence-corrected chi connectivity index (χ0v) is 16.9. The largest absolute Gasteiger partial charge is 0.436 e. The van der Waals surface area contributed by atoms with E-state index < -0.39 is 10.0 Å². The van der Waals surface area contributed by atoms with Crippen molar-refractivity contribution in [2.45, 2.75) is 4.90 Å². The Morgan fingerprint density at radius 1 is 1.07 bits per heavy atom. The number of halogens is 1. The Labute approximate surface area is 174 Å². The molecule has 0 unspecified atom stereocenters. The number of thiophene rings is 1. The third-order valence-electron chi connectivity index (χ3n) is 4.23. The third-order valence-corrected chi connectivity index (χ3v) is 6.97. The summed E-state index contributed by atoms with van der Waals surface area (Å²) in [5, 5.41) is 2.57. The minimum Gasteiger partial charge on any atom is -0.436 e. The van der Waals surface area contributed by atoms with Gasteiger partial charge in [0, 0.05) is 11.6 Å². The first kappa shape index (κ1) is 18.0. The van der Waals surface area contributed by atoms with Crippen LogP contribution in [0, 0.1) is 0 Å². The van der Waals surface area contributed by atoms with Crippen molar-refractivity contribution in [3.63, 3.8) is 0 Å². The molecule has 0 amide bonds. The SMILES string of the molecule is O=S(=O)(c1ccccc1)n1ccc2cc(Oc3nc(Cl)nc4ccsc34)cnc21. The fraction of sp³-hybridized carbons (Fsp3) is 0. The lowest BCUT2D eigenvalue weighted by Gasteiger charge is -2.08. The maximum Gasteiger partial charge on any atom is 0.269 e. The second-order valence-corrected chi connectivity index (χ2v) is 9.12. The van der Waals surface area contributed by atoms with Crippen LogP contribution in [0.1, 0.15) is 0 Å². The Morgan fingerprint density at radius 3 is 2.72 bits per heavy atom. The average Bonchev–Trinajstić information content (AvgIpc) is 3.35. The molecule has 0 aliphatic carbocycles. The highest BCUT2D eigenvalue weighted by Gasteiger charge is 2.20. The number of pyridine rings is 1. The number of hydrogen-bond donors (Lipinski definition) is 0. The van der Waals surface area contributed by atoms with Crippen molar-refractivity contribution in [1.29, 1.82) is 0 Å². The highest BCUT2D eigenvalue weighted by Crippen LogP contribution is 2.33. The van der Waals surface area contributed by atoms with E-state index in [1.54, 1.807) is 42.5 Å². The van der Waals surface area contributed by atoms with Crippen LogP contribution < -0.4 is 4.74 Å². The van der Waals surface area contributed by atoms with E-state index >= 15 is 0 Å². The topological polar surface area (TPSA) is 87.0 Å². The van der Waals surface area contributed by atoms with Crippen molar-refractivity contribution in [3.05, 3.63) is 71.6 Å². The molecule has 4 heterocycles. The smallest absolute Gasteiger partial charge is 0.269 e. The van der Waals surface area contributed by atoms with Crippen LogP contribution in [0.4, 0.5) is 0 Å². The van der Waals surface area contributed by atoms with Crippen molar-refractivity contribution in [2.24, 2.45) is 0 Å². The molecule has 0 radical (unpaired) electrons. The van der Waals surface area contributed by atoms with E-state index in [9.17, 15) is 8.42 Å². The predicted molar refractivity (Wildman–Crippen MR) is 111 cm³/mol. The van der Waals surface area contributed by atoms with E-state index in [1.165, 1.54) is 23.7 Å². The first-order valence-electron chi connectivity index (χ1n) is 8.39. The number of aromatic nitrogens is 4. The van der Waals surface area contributed by atoms with Crippen LogP contribution in [0.3, 0.4) is 0 Å². The summed E-state index contributed by atoms with van der Waals surface area (Å²) in [6.45, 7) is 0. The molecule has 5 rings (SSSR count). The van der Waals surface area contributed by atoms with Crippen molar-refractivity contribution in [3.8, 4) is 11.6 Å². The molecule has 0 saturated heterocycles. The molecule has 1 aromatic carbocycles. The molecule has 29 heavy (non-hydrogen) atoms. The molecule has 4 aromatic heterocycles. The molecule has 144 valence electrons. The molecular weight excluding hydrogens is 432 g/mol. The Bertz CT molecular complexity index is 1460. The molecule has 7 nitrogen and oxygen atoms in total. The van der Waals surface area contributed by atoms with E-state index in [0.29, 0.717) is 28.2 Å². The number of rotatable bonds is 4. The highest BCUT2D eigenvalue weighted by molar-refractivity contribution is 7.90. The lowest BCUT2D eigenvalue weighted by Crippen LogP contribution is -2.12. The van der Waals surface area contributed by atoms with Crippen molar-refractivity contribution in [2.75, 3.05) is 0 Å². The molecule has 0 fully saturated rings. The van der Waals surface area contributed by atoms with Gasteiger partial charge in [0.05, 0.1) is 16.6 Å². The summed E-state index contributed by atoms with van der Waals surface area (Å²) in [6.07, 6.45) is 2.93. The average molecular weight is 443 g/mol. The van der Waals surface area contributed by atoms with Gasteiger partial charge < -0.3 is 4.74 Å². The fourth-order valence-corrected chi connectivity index (χ4v) is 5.18. The Balaban J connectivity index is 1.55. The number of nitrogens with zero attached hydrogens (tertiary/aromatic N) is 4. The minimum atomic E-state index is -3.74. The van der Waals surface area contributed by atoms with Gasteiger partial charge in [-0.3, -0.25) is 0 Å². The summed E-state index contributed by atoms with van der Waals surface area (Å²) in [6, 6.07) is 13.4. The molecule has 0 atom stereocenters. The minimum absolute atomic E-state index is 0.0834. The van der Waals surface area contributed by atoms with Gasteiger partial charge >= 0.3 is 0 Å². The zero-order chi connectivity index (χ0) is 20.0. The normalized spacial score (nSPS) is 11.9. The van der Waals surface area contributed by atoms with Gasteiger partial charge in [0.1, 0.15) is 10.4 Å². The van der Waals surface area contributed by atoms with Crippen molar-refractivity contribution < 1.29 is 13.2 Å². The maximum atomic E-state index is 12.9. The third kappa shape index (κ3) is 3.13. The van der Waals surface area contributed by atoms with E-state index in [2.05, 4.69) is 15.0 Å². The van der Waals surface area contributed by atoms with E-state index in [-0.39, 0.29) is 10.2 Å². The van der Waals surface area contributed by atoms with E-state index in [1.807, 2.05) is 11.4 Å². The fourth-order valence-electron chi connectivity index (χ4n) is 2.93. The van der Waals surface area contributed by atoms with Gasteiger partial charge in [-0.2, -0.15) is 4.98 Å². The molecular formula is C19H11ClN4O3S2. The molecule has 5 aromatic rings. The Hall–Kier alpha value is -3.01. The molecule has 0 saturated carbocycles. The predicted octanol–water partition coefficient (Wildman–Crippen LogP) is 4.72. The van der Waals surface area contributed by atoms with E-state index in [4.69, 9.17) is 16.3 Å². The maximum absolute atomic E-state index is 12.9. The van der Waals surface area contributed by atoms with Gasteiger partial charge in [0.25, 0.3) is 10.0 Å². The summed E-state index contributed by atoms with van der Waals surface area (Å²) in [4.78, 5) is 12.8. The van der Waals surface area contributed by atoms with Gasteiger partial charge in [-0.05, 0) is 47.3 Å². The van der Waals surface area contributed by atoms with Gasteiger partial charge in [-0.15, -0.1) is 11.3 Å². The standard InChI is InChI=1S/C19H11ClN4O3S2/c20-19-22-15-7-9-28-16(15)18(23-19)27-13-10-12-6-8-24(17(12)21-11-13)29(25,26)14-4-2-1-3-5-14/h1-11H. The highest BCUT2D eigenvalue weighted by atomic mass is 35.5. The van der Waals surface area contributed by atoms with Crippen molar-refractivity contribution >= 4 is 54.2 Å². The molecule has 0 aliphatic heterocycles. The van der Waals surface area contributed by atoms with Crippen LogP contribution in [0.15, 0.2) is 71.2 Å². The first-order chi connectivity index (χ1) is 14.0.